The maximum Gasteiger partial charge on any atom is 0.220 e. The van der Waals surface area contributed by atoms with Crippen molar-refractivity contribution >= 4 is 18.1 Å². The summed E-state index contributed by atoms with van der Waals surface area (Å²) in [5.41, 5.74) is 4.76. The minimum Gasteiger partial charge on any atom is -0.396 e. The summed E-state index contributed by atoms with van der Waals surface area (Å²) < 4.78 is 0. The molecule has 0 aliphatic rings. The Kier molecular flexibility index (Phi) is 34.4. The van der Waals surface area contributed by atoms with Crippen LogP contribution in [0.3, 0.4) is 0 Å². The number of carbonyl (C=O) groups excluding carboxylic acids is 3. The summed E-state index contributed by atoms with van der Waals surface area (Å²) in [4.78, 5) is 30.7. The molecule has 25 heavy (non-hydrogen) atoms. The summed E-state index contributed by atoms with van der Waals surface area (Å²) in [5.74, 6) is 0.833. The zero-order valence-electron chi connectivity index (χ0n) is 17.4. The first kappa shape index (κ1) is 31.4. The van der Waals surface area contributed by atoms with Crippen molar-refractivity contribution in [2.75, 3.05) is 13.2 Å². The minimum atomic E-state index is -0.211. The molecule has 0 aromatic rings. The molecule has 0 saturated carbocycles. The number of carbonyl (C=O) groups is 3. The van der Waals surface area contributed by atoms with Crippen LogP contribution in [-0.4, -0.2) is 36.4 Å². The van der Waals surface area contributed by atoms with Crippen molar-refractivity contribution in [3.8, 4) is 0 Å². The Hall–Kier alpha value is -1.43. The summed E-state index contributed by atoms with van der Waals surface area (Å²) in [5, 5.41) is 10.8. The number of hydrogen-bond donors (Lipinski definition) is 3. The highest BCUT2D eigenvalue weighted by molar-refractivity contribution is 5.76. The van der Waals surface area contributed by atoms with E-state index in [1.54, 1.807) is 0 Å². The molecule has 4 N–H and O–H groups in total. The van der Waals surface area contributed by atoms with Gasteiger partial charge in [0, 0.05) is 32.4 Å². The van der Waals surface area contributed by atoms with Crippen LogP contribution in [0.5, 0.6) is 0 Å². The van der Waals surface area contributed by atoms with Gasteiger partial charge in [0.2, 0.25) is 11.8 Å². The fourth-order valence-corrected chi connectivity index (χ4v) is 1.03. The number of nitrogens with one attached hydrogen (secondary N) is 1. The lowest BCUT2D eigenvalue weighted by Gasteiger charge is -2.04. The third-order valence-corrected chi connectivity index (χ3v) is 2.39. The molecule has 0 aliphatic heterocycles. The van der Waals surface area contributed by atoms with Crippen LogP contribution in [0.1, 0.15) is 80.6 Å². The van der Waals surface area contributed by atoms with Gasteiger partial charge in [-0.3, -0.25) is 9.59 Å². The largest absolute Gasteiger partial charge is 0.396 e. The first-order valence-corrected chi connectivity index (χ1v) is 9.30. The van der Waals surface area contributed by atoms with E-state index < -0.39 is 0 Å². The first-order valence-electron chi connectivity index (χ1n) is 9.30. The van der Waals surface area contributed by atoms with Gasteiger partial charge in [-0.1, -0.05) is 48.5 Å². The smallest absolute Gasteiger partial charge is 0.220 e. The number of primary amides is 1. The predicted octanol–water partition coefficient (Wildman–Crippen LogP) is 3.06. The summed E-state index contributed by atoms with van der Waals surface area (Å²) in [6.07, 6.45) is 4.06. The molecule has 0 bridgehead atoms. The Morgan fingerprint density at radius 2 is 1.56 bits per heavy atom. The van der Waals surface area contributed by atoms with Crippen LogP contribution >= 0.6 is 0 Å². The molecule has 0 heterocycles. The molecule has 0 spiro atoms. The fourth-order valence-electron chi connectivity index (χ4n) is 1.03. The maximum atomic E-state index is 11.0. The minimum absolute atomic E-state index is 0.0468. The van der Waals surface area contributed by atoms with Crippen LogP contribution in [0.2, 0.25) is 0 Å². The quantitative estimate of drug-likeness (QED) is 0.432. The SMILES string of the molecule is CC.CC(C)CCC(=O)NCCC=O.CC(C)CO.CCCC(N)=O. The number of aldehydes is 1. The maximum absolute atomic E-state index is 11.0. The molecule has 0 rings (SSSR count). The molecule has 0 radical (unpaired) electrons. The van der Waals surface area contributed by atoms with Gasteiger partial charge in [0.1, 0.15) is 6.29 Å². The van der Waals surface area contributed by atoms with Gasteiger partial charge >= 0.3 is 0 Å². The average molecular weight is 363 g/mol. The highest BCUT2D eigenvalue weighted by Gasteiger charge is 2.01. The number of rotatable bonds is 9. The van der Waals surface area contributed by atoms with Crippen molar-refractivity contribution in [3.05, 3.63) is 0 Å². The van der Waals surface area contributed by atoms with E-state index in [2.05, 4.69) is 19.2 Å². The zero-order valence-corrected chi connectivity index (χ0v) is 17.4. The average Bonchev–Trinajstić information content (AvgIpc) is 2.56. The predicted molar refractivity (Wildman–Crippen MR) is 105 cm³/mol. The van der Waals surface area contributed by atoms with Crippen LogP contribution in [0, 0.1) is 11.8 Å². The van der Waals surface area contributed by atoms with E-state index in [9.17, 15) is 14.4 Å². The van der Waals surface area contributed by atoms with E-state index in [4.69, 9.17) is 10.8 Å². The van der Waals surface area contributed by atoms with Crippen molar-refractivity contribution in [2.24, 2.45) is 17.6 Å². The highest BCUT2D eigenvalue weighted by atomic mass is 16.3. The third kappa shape index (κ3) is 51.9. The van der Waals surface area contributed by atoms with Gasteiger partial charge in [-0.2, -0.15) is 0 Å². The fraction of sp³-hybridized carbons (Fsp3) is 0.842. The molecule has 0 atom stereocenters. The Morgan fingerprint density at radius 3 is 1.80 bits per heavy atom. The van der Waals surface area contributed by atoms with E-state index in [1.165, 1.54) is 0 Å². The molecule has 152 valence electrons. The van der Waals surface area contributed by atoms with Gasteiger partial charge < -0.3 is 21.0 Å². The van der Waals surface area contributed by atoms with E-state index in [0.717, 1.165) is 19.1 Å². The number of aliphatic hydroxyl groups is 1. The van der Waals surface area contributed by atoms with Crippen molar-refractivity contribution < 1.29 is 19.5 Å². The van der Waals surface area contributed by atoms with Crippen LogP contribution in [-0.2, 0) is 14.4 Å². The molecule has 0 aromatic heterocycles. The summed E-state index contributed by atoms with van der Waals surface area (Å²) >= 11 is 0. The van der Waals surface area contributed by atoms with Gasteiger partial charge in [-0.15, -0.1) is 0 Å². The second-order valence-electron chi connectivity index (χ2n) is 6.03. The Labute approximate surface area is 154 Å². The number of aliphatic hydroxyl groups excluding tert-OH is 1. The van der Waals surface area contributed by atoms with E-state index in [-0.39, 0.29) is 11.8 Å². The molecule has 0 saturated heterocycles. The van der Waals surface area contributed by atoms with Crippen molar-refractivity contribution in [3.63, 3.8) is 0 Å². The lowest BCUT2D eigenvalue weighted by atomic mass is 10.1. The molecular formula is C19H42N2O4. The van der Waals surface area contributed by atoms with Crippen LogP contribution < -0.4 is 11.1 Å². The number of nitrogens with two attached hydrogens (primary N) is 1. The molecular weight excluding hydrogens is 320 g/mol. The summed E-state index contributed by atoms with van der Waals surface area (Å²) in [7, 11) is 0. The van der Waals surface area contributed by atoms with E-state index in [0.29, 0.717) is 44.2 Å². The molecule has 0 aromatic carbocycles. The van der Waals surface area contributed by atoms with Crippen molar-refractivity contribution in [1.29, 1.82) is 0 Å². The van der Waals surface area contributed by atoms with Gasteiger partial charge in [-0.05, 0) is 24.7 Å². The molecule has 0 aliphatic carbocycles. The van der Waals surface area contributed by atoms with E-state index >= 15 is 0 Å². The molecule has 0 unspecified atom stereocenters. The highest BCUT2D eigenvalue weighted by Crippen LogP contribution is 2.02. The normalized spacial score (nSPS) is 8.88. The first-order chi connectivity index (χ1) is 11.7. The second-order valence-corrected chi connectivity index (χ2v) is 6.03. The van der Waals surface area contributed by atoms with Gasteiger partial charge in [0.15, 0.2) is 0 Å². The molecule has 6 nitrogen and oxygen atoms in total. The van der Waals surface area contributed by atoms with Gasteiger partial charge in [0.05, 0.1) is 0 Å². The lowest BCUT2D eigenvalue weighted by molar-refractivity contribution is -0.121. The molecule has 2 amide bonds. The van der Waals surface area contributed by atoms with Crippen LogP contribution in [0.15, 0.2) is 0 Å². The number of hydrogen-bond acceptors (Lipinski definition) is 4. The van der Waals surface area contributed by atoms with Gasteiger partial charge in [0.25, 0.3) is 0 Å². The standard InChI is InChI=1S/C9H17NO2.C4H9NO.C4H10O.C2H6/c1-8(2)4-5-9(12)10-6-3-7-11;1-2-3-4(5)6;1-4(2)3-5;1-2/h7-8H,3-6H2,1-2H3,(H,10,12);2-3H2,1H3,(H2,5,6);4-5H,3H2,1-2H3;1-2H3. The third-order valence-electron chi connectivity index (χ3n) is 2.39. The van der Waals surface area contributed by atoms with Crippen LogP contribution in [0.4, 0.5) is 0 Å². The zero-order chi connectivity index (χ0) is 20.7. The molecule has 6 heteroatoms. The van der Waals surface area contributed by atoms with Crippen molar-refractivity contribution in [1.82, 2.24) is 5.32 Å². The van der Waals surface area contributed by atoms with E-state index in [1.807, 2.05) is 34.6 Å². The monoisotopic (exact) mass is 362 g/mol. The lowest BCUT2D eigenvalue weighted by Crippen LogP contribution is -2.24. The number of amides is 2. The topological polar surface area (TPSA) is 109 Å². The van der Waals surface area contributed by atoms with Crippen LogP contribution in [0.25, 0.3) is 0 Å². The van der Waals surface area contributed by atoms with Crippen molar-refractivity contribution in [2.45, 2.75) is 80.6 Å². The Balaban J connectivity index is -0.000000142. The summed E-state index contributed by atoms with van der Waals surface area (Å²) in [6, 6.07) is 0. The second kappa shape index (κ2) is 27.4. The Morgan fingerprint density at radius 1 is 1.08 bits per heavy atom. The van der Waals surface area contributed by atoms with Gasteiger partial charge in [-0.25, -0.2) is 0 Å². The Bertz CT molecular complexity index is 293. The summed E-state index contributed by atoms with van der Waals surface area (Å²) in [6.45, 7) is 14.8. The molecule has 0 fully saturated rings.